The van der Waals surface area contributed by atoms with Gasteiger partial charge in [-0.15, -0.1) is 0 Å². The number of amides is 1. The van der Waals surface area contributed by atoms with Gasteiger partial charge in [0.25, 0.3) is 5.91 Å². The maximum atomic E-state index is 12.4. The summed E-state index contributed by atoms with van der Waals surface area (Å²) in [5, 5.41) is 3.58. The van der Waals surface area contributed by atoms with Gasteiger partial charge in [-0.3, -0.25) is 4.79 Å². The fourth-order valence-corrected chi connectivity index (χ4v) is 4.23. The average molecular weight is 471 g/mol. The lowest BCUT2D eigenvalue weighted by Gasteiger charge is -2.36. The second-order valence-corrected chi connectivity index (χ2v) is 8.68. The minimum atomic E-state index is -0.203. The highest BCUT2D eigenvalue weighted by molar-refractivity contribution is 6.30. The van der Waals surface area contributed by atoms with Crippen molar-refractivity contribution in [1.29, 1.82) is 0 Å². The van der Waals surface area contributed by atoms with Crippen molar-refractivity contribution in [2.75, 3.05) is 44.6 Å². The Kier molecular flexibility index (Phi) is 9.15. The van der Waals surface area contributed by atoms with E-state index in [0.717, 1.165) is 73.9 Å². The van der Waals surface area contributed by atoms with Gasteiger partial charge >= 0.3 is 0 Å². The number of carbonyl (C=O) groups is 1. The Hall–Kier alpha value is -2.57. The van der Waals surface area contributed by atoms with Gasteiger partial charge in [0.2, 0.25) is 0 Å². The van der Waals surface area contributed by atoms with Crippen LogP contribution in [0.4, 0.5) is 11.4 Å². The number of halogens is 1. The van der Waals surface area contributed by atoms with Gasteiger partial charge in [-0.25, -0.2) is 4.99 Å². The second-order valence-electron chi connectivity index (χ2n) is 8.25. The van der Waals surface area contributed by atoms with Gasteiger partial charge < -0.3 is 19.9 Å². The van der Waals surface area contributed by atoms with Crippen LogP contribution in [-0.2, 0) is 11.2 Å². The summed E-state index contributed by atoms with van der Waals surface area (Å²) in [5.74, 6) is 1.58. The maximum Gasteiger partial charge on any atom is 0.262 e. The van der Waals surface area contributed by atoms with E-state index in [1.54, 1.807) is 12.1 Å². The summed E-state index contributed by atoms with van der Waals surface area (Å²) in [5.41, 5.74) is 3.73. The molecule has 0 bridgehead atoms. The molecule has 0 unspecified atom stereocenters. The molecule has 3 rings (SSSR count). The van der Waals surface area contributed by atoms with Crippen LogP contribution in [0, 0.1) is 6.92 Å². The molecular weight excluding hydrogens is 436 g/mol. The number of benzene rings is 2. The Morgan fingerprint density at radius 3 is 2.48 bits per heavy atom. The summed E-state index contributed by atoms with van der Waals surface area (Å²) in [4.78, 5) is 22.3. The van der Waals surface area contributed by atoms with Crippen molar-refractivity contribution in [2.45, 2.75) is 40.5 Å². The van der Waals surface area contributed by atoms with E-state index in [9.17, 15) is 4.79 Å². The van der Waals surface area contributed by atoms with Crippen LogP contribution in [0.3, 0.4) is 0 Å². The highest BCUT2D eigenvalue weighted by atomic mass is 35.5. The van der Waals surface area contributed by atoms with Crippen molar-refractivity contribution < 1.29 is 9.53 Å². The van der Waals surface area contributed by atoms with E-state index in [0.29, 0.717) is 10.8 Å². The molecule has 1 saturated heterocycles. The number of aryl methyl sites for hydroxylation is 2. The number of carbonyl (C=O) groups excluding carboxylic acids is 1. The van der Waals surface area contributed by atoms with E-state index < -0.39 is 0 Å². The zero-order valence-electron chi connectivity index (χ0n) is 20.2. The van der Waals surface area contributed by atoms with Gasteiger partial charge in [0.1, 0.15) is 11.6 Å². The number of nitrogens with one attached hydrogen (secondary N) is 1. The molecule has 0 aromatic heterocycles. The molecule has 7 heteroatoms. The van der Waals surface area contributed by atoms with Crippen molar-refractivity contribution in [1.82, 2.24) is 9.80 Å². The van der Waals surface area contributed by atoms with Crippen LogP contribution < -0.4 is 10.1 Å². The quantitative estimate of drug-likeness (QED) is 0.419. The van der Waals surface area contributed by atoms with Crippen molar-refractivity contribution in [3.8, 4) is 5.75 Å². The number of amidine groups is 1. The molecule has 0 spiro atoms. The molecule has 0 atom stereocenters. The van der Waals surface area contributed by atoms with Crippen molar-refractivity contribution in [3.05, 3.63) is 52.5 Å². The Labute approximate surface area is 202 Å². The Morgan fingerprint density at radius 2 is 1.85 bits per heavy atom. The third-order valence-corrected chi connectivity index (χ3v) is 6.23. The first-order valence-corrected chi connectivity index (χ1v) is 12.2. The number of nitrogens with zero attached hydrogens (tertiary/aromatic N) is 3. The molecule has 178 valence electrons. The average Bonchev–Trinajstić information content (AvgIpc) is 2.82. The largest absolute Gasteiger partial charge is 0.483 e. The number of hydrogen-bond acceptors (Lipinski definition) is 4. The highest BCUT2D eigenvalue weighted by Gasteiger charge is 2.18. The molecule has 1 aliphatic rings. The van der Waals surface area contributed by atoms with E-state index in [-0.39, 0.29) is 12.5 Å². The summed E-state index contributed by atoms with van der Waals surface area (Å²) >= 11 is 5.98. The number of piperazine rings is 1. The SMILES string of the molecule is CCC(=Nc1ccc(NC(=O)COc2ccc(Cl)cc2C)cc1CC)N1CCN(CC)CC1. The smallest absolute Gasteiger partial charge is 0.262 e. The predicted octanol–water partition coefficient (Wildman–Crippen LogP) is 5.31. The van der Waals surface area contributed by atoms with Gasteiger partial charge in [-0.1, -0.05) is 32.4 Å². The molecule has 1 amide bonds. The topological polar surface area (TPSA) is 57.2 Å². The normalized spacial score (nSPS) is 14.9. The molecule has 0 saturated carbocycles. The molecule has 0 radical (unpaired) electrons. The minimum absolute atomic E-state index is 0.0619. The monoisotopic (exact) mass is 470 g/mol. The molecule has 1 N–H and O–H groups in total. The lowest BCUT2D eigenvalue weighted by molar-refractivity contribution is -0.118. The Morgan fingerprint density at radius 1 is 1.09 bits per heavy atom. The van der Waals surface area contributed by atoms with E-state index in [1.165, 1.54) is 0 Å². The van der Waals surface area contributed by atoms with E-state index in [2.05, 4.69) is 35.9 Å². The zero-order chi connectivity index (χ0) is 23.8. The van der Waals surface area contributed by atoms with E-state index >= 15 is 0 Å². The second kappa shape index (κ2) is 12.1. The Balaban J connectivity index is 1.64. The van der Waals surface area contributed by atoms with Crippen molar-refractivity contribution in [2.24, 2.45) is 4.99 Å². The van der Waals surface area contributed by atoms with Crippen LogP contribution in [0.15, 0.2) is 41.4 Å². The number of hydrogen-bond donors (Lipinski definition) is 1. The van der Waals surface area contributed by atoms with Crippen molar-refractivity contribution in [3.63, 3.8) is 0 Å². The summed E-state index contributed by atoms with van der Waals surface area (Å²) < 4.78 is 5.65. The van der Waals surface area contributed by atoms with Gasteiger partial charge in [0.15, 0.2) is 6.61 Å². The van der Waals surface area contributed by atoms with Crippen LogP contribution >= 0.6 is 11.6 Å². The van der Waals surface area contributed by atoms with Crippen LogP contribution in [0.2, 0.25) is 5.02 Å². The first-order valence-electron chi connectivity index (χ1n) is 11.8. The fourth-order valence-electron chi connectivity index (χ4n) is 4.01. The molecule has 6 nitrogen and oxygen atoms in total. The van der Waals surface area contributed by atoms with Crippen LogP contribution in [0.25, 0.3) is 0 Å². The molecule has 1 fully saturated rings. The standard InChI is InChI=1S/C26H35ClN4O2/c1-5-20-17-22(28-26(32)18-33-24-11-8-21(27)16-19(24)4)9-10-23(20)29-25(6-2)31-14-12-30(7-3)13-15-31/h8-11,16-17H,5-7,12-15,18H2,1-4H3,(H,28,32). The summed E-state index contributed by atoms with van der Waals surface area (Å²) in [6, 6.07) is 11.3. The first-order chi connectivity index (χ1) is 15.9. The molecule has 1 aliphatic heterocycles. The van der Waals surface area contributed by atoms with Crippen LogP contribution in [0.1, 0.15) is 38.3 Å². The molecule has 33 heavy (non-hydrogen) atoms. The maximum absolute atomic E-state index is 12.4. The molecular formula is C26H35ClN4O2. The van der Waals surface area contributed by atoms with Gasteiger partial charge in [-0.05, 0) is 67.4 Å². The number of aliphatic imine (C=N–C) groups is 1. The molecule has 2 aromatic rings. The van der Waals surface area contributed by atoms with Crippen LogP contribution in [0.5, 0.6) is 5.75 Å². The molecule has 0 aliphatic carbocycles. The summed E-state index contributed by atoms with van der Waals surface area (Å²) in [6.07, 6.45) is 1.73. The van der Waals surface area contributed by atoms with E-state index in [1.807, 2.05) is 31.2 Å². The van der Waals surface area contributed by atoms with Crippen LogP contribution in [-0.4, -0.2) is 60.9 Å². The van der Waals surface area contributed by atoms with Gasteiger partial charge in [0, 0.05) is 43.3 Å². The Bertz CT molecular complexity index is 984. The van der Waals surface area contributed by atoms with Crippen molar-refractivity contribution >= 4 is 34.7 Å². The minimum Gasteiger partial charge on any atom is -0.483 e. The van der Waals surface area contributed by atoms with E-state index in [4.69, 9.17) is 21.3 Å². The molecule has 2 aromatic carbocycles. The predicted molar refractivity (Wildman–Crippen MR) is 137 cm³/mol. The van der Waals surface area contributed by atoms with Gasteiger partial charge in [-0.2, -0.15) is 0 Å². The number of likely N-dealkylation sites (N-methyl/N-ethyl adjacent to an activating group) is 1. The fraction of sp³-hybridized carbons (Fsp3) is 0.462. The highest BCUT2D eigenvalue weighted by Crippen LogP contribution is 2.26. The summed E-state index contributed by atoms with van der Waals surface area (Å²) in [6.45, 7) is 13.6. The number of rotatable bonds is 8. The summed E-state index contributed by atoms with van der Waals surface area (Å²) in [7, 11) is 0. The first kappa shape index (κ1) is 25.1. The lowest BCUT2D eigenvalue weighted by Crippen LogP contribution is -2.48. The number of anilines is 1. The third-order valence-electron chi connectivity index (χ3n) is 5.99. The number of ether oxygens (including phenoxy) is 1. The molecule has 1 heterocycles. The third kappa shape index (κ3) is 6.95. The van der Waals surface area contributed by atoms with Gasteiger partial charge in [0.05, 0.1) is 5.69 Å². The lowest BCUT2D eigenvalue weighted by atomic mass is 10.1. The zero-order valence-corrected chi connectivity index (χ0v) is 20.9.